The molecule has 2 aromatic rings. The van der Waals surface area contributed by atoms with Gasteiger partial charge in [0.25, 0.3) is 0 Å². The molecule has 0 saturated heterocycles. The van der Waals surface area contributed by atoms with Crippen molar-refractivity contribution in [1.29, 1.82) is 0 Å². The highest BCUT2D eigenvalue weighted by Gasteiger charge is 2.12. The highest BCUT2D eigenvalue weighted by Crippen LogP contribution is 2.29. The molecule has 0 saturated carbocycles. The fourth-order valence-corrected chi connectivity index (χ4v) is 1.56. The summed E-state index contributed by atoms with van der Waals surface area (Å²) in [7, 11) is 2.99. The molecule has 0 fully saturated rings. The summed E-state index contributed by atoms with van der Waals surface area (Å²) in [6.07, 6.45) is 2.91. The molecule has 2 rings (SSSR count). The number of pyridine rings is 1. The van der Waals surface area contributed by atoms with Gasteiger partial charge in [-0.2, -0.15) is 0 Å². The maximum Gasteiger partial charge on any atom is 0.343 e. The lowest BCUT2D eigenvalue weighted by molar-refractivity contribution is -0.143. The van der Waals surface area contributed by atoms with E-state index in [9.17, 15) is 9.90 Å². The van der Waals surface area contributed by atoms with Crippen LogP contribution in [0.25, 0.3) is 11.3 Å². The van der Waals surface area contributed by atoms with Gasteiger partial charge in [0, 0.05) is 24.9 Å². The van der Waals surface area contributed by atoms with E-state index in [2.05, 4.69) is 14.8 Å². The van der Waals surface area contributed by atoms with Gasteiger partial charge >= 0.3 is 5.97 Å². The van der Waals surface area contributed by atoms with E-state index in [1.807, 2.05) is 0 Å². The smallest absolute Gasteiger partial charge is 0.343 e. The van der Waals surface area contributed by atoms with Crippen molar-refractivity contribution in [2.24, 2.45) is 7.05 Å². The van der Waals surface area contributed by atoms with Crippen molar-refractivity contribution in [3.63, 3.8) is 0 Å². The van der Waals surface area contributed by atoms with Crippen molar-refractivity contribution in [2.45, 2.75) is 0 Å². The number of esters is 1. The van der Waals surface area contributed by atoms with E-state index in [0.29, 0.717) is 11.3 Å². The molecule has 0 spiro atoms. The number of hydrogen-bond donors (Lipinski definition) is 1. The maximum absolute atomic E-state index is 11.0. The minimum absolute atomic E-state index is 0.0463. The van der Waals surface area contributed by atoms with Crippen LogP contribution in [0.3, 0.4) is 0 Å². The van der Waals surface area contributed by atoms with Gasteiger partial charge in [-0.1, -0.05) is 0 Å². The molecule has 0 aromatic carbocycles. The third-order valence-corrected chi connectivity index (χ3v) is 2.50. The Kier molecular flexibility index (Phi) is 3.65. The van der Waals surface area contributed by atoms with E-state index in [-0.39, 0.29) is 18.2 Å². The second-order valence-electron chi connectivity index (χ2n) is 3.75. The van der Waals surface area contributed by atoms with Gasteiger partial charge < -0.3 is 14.6 Å². The topological polar surface area (TPSA) is 86.5 Å². The van der Waals surface area contributed by atoms with Crippen LogP contribution < -0.4 is 4.74 Å². The summed E-state index contributed by atoms with van der Waals surface area (Å²) in [4.78, 5) is 14.8. The van der Waals surface area contributed by atoms with Gasteiger partial charge in [-0.3, -0.25) is 9.67 Å². The molecule has 100 valence electrons. The predicted molar refractivity (Wildman–Crippen MR) is 65.6 cm³/mol. The molecule has 7 heteroatoms. The predicted octanol–water partition coefficient (Wildman–Crippen LogP) is 0.739. The average molecular weight is 263 g/mol. The van der Waals surface area contributed by atoms with Crippen LogP contribution in [0.2, 0.25) is 0 Å². The SMILES string of the molecule is COC(=O)COc1cc(-c2ccncc2O)n(C)n1. The fraction of sp³-hybridized carbons (Fsp3) is 0.250. The van der Waals surface area contributed by atoms with E-state index in [1.165, 1.54) is 13.3 Å². The van der Waals surface area contributed by atoms with E-state index >= 15 is 0 Å². The first-order chi connectivity index (χ1) is 9.11. The van der Waals surface area contributed by atoms with Crippen molar-refractivity contribution in [3.8, 4) is 22.9 Å². The monoisotopic (exact) mass is 263 g/mol. The minimum atomic E-state index is -0.487. The lowest BCUT2D eigenvalue weighted by Crippen LogP contribution is -2.12. The quantitative estimate of drug-likeness (QED) is 0.819. The van der Waals surface area contributed by atoms with Crippen LogP contribution in [0.4, 0.5) is 0 Å². The van der Waals surface area contributed by atoms with Crippen LogP contribution >= 0.6 is 0 Å². The Morgan fingerprint density at radius 3 is 3.00 bits per heavy atom. The molecule has 0 radical (unpaired) electrons. The number of carbonyl (C=O) groups is 1. The standard InChI is InChI=1S/C12H13N3O4/c1-15-9(8-3-4-13-6-10(8)16)5-11(14-15)19-7-12(17)18-2/h3-6,16H,7H2,1-2H3. The first-order valence-corrected chi connectivity index (χ1v) is 5.49. The number of methoxy groups -OCH3 is 1. The number of ether oxygens (including phenoxy) is 2. The number of carbonyl (C=O) groups excluding carboxylic acids is 1. The van der Waals surface area contributed by atoms with Gasteiger partial charge in [0.15, 0.2) is 6.61 Å². The molecule has 0 atom stereocenters. The summed E-state index contributed by atoms with van der Waals surface area (Å²) >= 11 is 0. The molecule has 0 bridgehead atoms. The molecule has 19 heavy (non-hydrogen) atoms. The van der Waals surface area contributed by atoms with Crippen molar-refractivity contribution in [2.75, 3.05) is 13.7 Å². The Bertz CT molecular complexity index is 594. The van der Waals surface area contributed by atoms with Crippen LogP contribution in [0.15, 0.2) is 24.5 Å². The summed E-state index contributed by atoms with van der Waals surface area (Å²) in [6.45, 7) is -0.213. The largest absolute Gasteiger partial charge is 0.506 e. The van der Waals surface area contributed by atoms with E-state index in [4.69, 9.17) is 4.74 Å². The van der Waals surface area contributed by atoms with Crippen LogP contribution in [-0.2, 0) is 16.6 Å². The Labute approximate surface area is 109 Å². The van der Waals surface area contributed by atoms with E-state index in [0.717, 1.165) is 0 Å². The van der Waals surface area contributed by atoms with Gasteiger partial charge in [-0.15, -0.1) is 5.10 Å². The highest BCUT2D eigenvalue weighted by atomic mass is 16.6. The van der Waals surface area contributed by atoms with Crippen molar-refractivity contribution in [1.82, 2.24) is 14.8 Å². The molecule has 0 aliphatic carbocycles. The molecule has 0 aliphatic rings. The summed E-state index contributed by atoms with van der Waals surface area (Å²) in [5.74, 6) is -0.164. The Morgan fingerprint density at radius 1 is 1.53 bits per heavy atom. The highest BCUT2D eigenvalue weighted by molar-refractivity contribution is 5.71. The first-order valence-electron chi connectivity index (χ1n) is 5.49. The molecule has 7 nitrogen and oxygen atoms in total. The lowest BCUT2D eigenvalue weighted by Gasteiger charge is -2.02. The zero-order chi connectivity index (χ0) is 13.8. The Balaban J connectivity index is 2.22. The number of aryl methyl sites for hydroxylation is 1. The Morgan fingerprint density at radius 2 is 2.32 bits per heavy atom. The third-order valence-electron chi connectivity index (χ3n) is 2.50. The van der Waals surface area contributed by atoms with Crippen LogP contribution in [-0.4, -0.2) is 39.6 Å². The van der Waals surface area contributed by atoms with E-state index < -0.39 is 5.97 Å². The number of nitrogens with zero attached hydrogens (tertiary/aromatic N) is 3. The maximum atomic E-state index is 11.0. The molecular weight excluding hydrogens is 250 g/mol. The summed E-state index contributed by atoms with van der Waals surface area (Å²) in [5, 5.41) is 13.8. The minimum Gasteiger partial charge on any atom is -0.506 e. The number of hydrogen-bond acceptors (Lipinski definition) is 6. The normalized spacial score (nSPS) is 10.2. The molecular formula is C12H13N3O4. The molecule has 2 heterocycles. The van der Waals surface area contributed by atoms with Gasteiger partial charge in [0.05, 0.1) is 19.0 Å². The van der Waals surface area contributed by atoms with E-state index in [1.54, 1.807) is 30.1 Å². The van der Waals surface area contributed by atoms with Gasteiger partial charge in [-0.25, -0.2) is 4.79 Å². The van der Waals surface area contributed by atoms with Crippen LogP contribution in [0.1, 0.15) is 0 Å². The molecule has 2 aromatic heterocycles. The number of aromatic hydroxyl groups is 1. The molecule has 1 N–H and O–H groups in total. The van der Waals surface area contributed by atoms with Gasteiger partial charge in [0.2, 0.25) is 5.88 Å². The lowest BCUT2D eigenvalue weighted by atomic mass is 10.2. The second-order valence-corrected chi connectivity index (χ2v) is 3.75. The van der Waals surface area contributed by atoms with Gasteiger partial charge in [0.1, 0.15) is 5.75 Å². The Hall–Kier alpha value is -2.57. The van der Waals surface area contributed by atoms with Crippen molar-refractivity contribution >= 4 is 5.97 Å². The summed E-state index contributed by atoms with van der Waals surface area (Å²) in [5.41, 5.74) is 1.23. The van der Waals surface area contributed by atoms with Gasteiger partial charge in [-0.05, 0) is 6.07 Å². The van der Waals surface area contributed by atoms with Crippen LogP contribution in [0, 0.1) is 0 Å². The molecule has 0 amide bonds. The number of rotatable bonds is 4. The zero-order valence-corrected chi connectivity index (χ0v) is 10.5. The van der Waals surface area contributed by atoms with Crippen LogP contribution in [0.5, 0.6) is 11.6 Å². The molecule has 0 unspecified atom stereocenters. The summed E-state index contributed by atoms with van der Waals surface area (Å²) in [6, 6.07) is 3.29. The second kappa shape index (κ2) is 5.38. The van der Waals surface area contributed by atoms with Crippen molar-refractivity contribution in [3.05, 3.63) is 24.5 Å². The third kappa shape index (κ3) is 2.82. The van der Waals surface area contributed by atoms with Crippen molar-refractivity contribution < 1.29 is 19.4 Å². The number of aromatic nitrogens is 3. The fourth-order valence-electron chi connectivity index (χ4n) is 1.56. The zero-order valence-electron chi connectivity index (χ0n) is 10.5. The first kappa shape index (κ1) is 12.9. The average Bonchev–Trinajstić information content (AvgIpc) is 2.77. The summed E-state index contributed by atoms with van der Waals surface area (Å²) < 4.78 is 11.2. The molecule has 0 aliphatic heterocycles.